The van der Waals surface area contributed by atoms with Crippen LogP contribution in [0.1, 0.15) is 5.56 Å². The maximum absolute atomic E-state index is 4.92. The van der Waals surface area contributed by atoms with Crippen LogP contribution in [0.5, 0.6) is 0 Å². The number of hydrogen-bond acceptors (Lipinski definition) is 1. The van der Waals surface area contributed by atoms with Crippen LogP contribution < -0.4 is 4.68 Å². The predicted molar refractivity (Wildman–Crippen MR) is 127 cm³/mol. The quantitative estimate of drug-likeness (QED) is 0.253. The lowest BCUT2D eigenvalue weighted by molar-refractivity contribution is -0.717. The van der Waals surface area contributed by atoms with E-state index in [1.54, 1.807) is 0 Å². The molecule has 31 heavy (non-hydrogen) atoms. The molecule has 0 radical (unpaired) electrons. The molecule has 148 valence electrons. The molecule has 0 saturated carbocycles. The summed E-state index contributed by atoms with van der Waals surface area (Å²) in [4.78, 5) is 0. The fourth-order valence-electron chi connectivity index (χ4n) is 4.62. The molecule has 4 aromatic carbocycles. The van der Waals surface area contributed by atoms with Gasteiger partial charge in [0.1, 0.15) is 5.52 Å². The Labute approximate surface area is 180 Å². The number of para-hydroxylation sites is 1. The largest absolute Gasteiger partial charge is 0.317 e. The van der Waals surface area contributed by atoms with E-state index < -0.39 is 0 Å². The Morgan fingerprint density at radius 2 is 1.48 bits per heavy atom. The van der Waals surface area contributed by atoms with Crippen molar-refractivity contribution in [1.29, 1.82) is 0 Å². The lowest BCUT2D eigenvalue weighted by Gasteiger charge is -2.09. The number of rotatable bonds is 2. The summed E-state index contributed by atoms with van der Waals surface area (Å²) < 4.78 is 4.26. The monoisotopic (exact) mass is 400 g/mol. The van der Waals surface area contributed by atoms with Gasteiger partial charge in [-0.2, -0.15) is 0 Å². The topological polar surface area (TPSA) is 21.7 Å². The molecule has 2 aromatic heterocycles. The smallest absolute Gasteiger partial charge is 0.240 e. The van der Waals surface area contributed by atoms with Gasteiger partial charge in [-0.1, -0.05) is 53.2 Å². The van der Waals surface area contributed by atoms with Gasteiger partial charge in [0.25, 0.3) is 0 Å². The van der Waals surface area contributed by atoms with Crippen LogP contribution in [-0.4, -0.2) is 9.67 Å². The Morgan fingerprint density at radius 1 is 0.742 bits per heavy atom. The van der Waals surface area contributed by atoms with Crippen molar-refractivity contribution in [2.24, 2.45) is 7.05 Å². The van der Waals surface area contributed by atoms with E-state index in [1.165, 1.54) is 38.5 Å². The molecule has 0 spiro atoms. The second kappa shape index (κ2) is 6.78. The zero-order chi connectivity index (χ0) is 20.9. The van der Waals surface area contributed by atoms with Crippen LogP contribution in [0.3, 0.4) is 0 Å². The Hall–Kier alpha value is -3.98. The van der Waals surface area contributed by atoms with Crippen LogP contribution >= 0.6 is 0 Å². The van der Waals surface area contributed by atoms with Crippen LogP contribution in [0, 0.1) is 6.92 Å². The number of aryl methyl sites for hydroxylation is 2. The van der Waals surface area contributed by atoms with E-state index in [2.05, 4.69) is 109 Å². The average Bonchev–Trinajstić information content (AvgIpc) is 3.22. The Balaban J connectivity index is 1.62. The minimum atomic E-state index is 1.01. The van der Waals surface area contributed by atoms with Crippen molar-refractivity contribution < 1.29 is 4.68 Å². The summed E-state index contributed by atoms with van der Waals surface area (Å²) in [6.45, 7) is 2.18. The van der Waals surface area contributed by atoms with Gasteiger partial charge in [0, 0.05) is 33.8 Å². The van der Waals surface area contributed by atoms with Gasteiger partial charge >= 0.3 is 0 Å². The highest BCUT2D eigenvalue weighted by molar-refractivity contribution is 6.00. The standard InChI is InChI=1S/C28H22N3/c1-19-12-13-26-24(14-15-31(26)23-10-4-3-5-11-23)28(19)27-18-22-16-20-8-6-7-9-21(20)17-25(22)29-30(27)2/h3-18H,1-2H3/q+1. The highest BCUT2D eigenvalue weighted by atomic mass is 15.2. The molecule has 0 N–H and O–H groups in total. The van der Waals surface area contributed by atoms with Crippen LogP contribution in [0.25, 0.3) is 49.5 Å². The van der Waals surface area contributed by atoms with Crippen molar-refractivity contribution >= 4 is 32.6 Å². The molecule has 2 heterocycles. The molecule has 0 saturated heterocycles. The minimum absolute atomic E-state index is 1.01. The lowest BCUT2D eigenvalue weighted by Crippen LogP contribution is -2.35. The zero-order valence-electron chi connectivity index (χ0n) is 17.6. The van der Waals surface area contributed by atoms with Crippen molar-refractivity contribution in [3.8, 4) is 16.9 Å². The number of nitrogens with zero attached hydrogens (tertiary/aromatic N) is 3. The summed E-state index contributed by atoms with van der Waals surface area (Å²) in [5.41, 5.74) is 6.98. The molecule has 3 nitrogen and oxygen atoms in total. The van der Waals surface area contributed by atoms with Crippen molar-refractivity contribution in [1.82, 2.24) is 9.67 Å². The minimum Gasteiger partial charge on any atom is -0.317 e. The second-order valence-corrected chi connectivity index (χ2v) is 8.12. The third-order valence-electron chi connectivity index (χ3n) is 6.16. The fraction of sp³-hybridized carbons (Fsp3) is 0.0714. The summed E-state index contributed by atoms with van der Waals surface area (Å²) in [6, 6.07) is 32.3. The third kappa shape index (κ3) is 2.82. The first-order valence-corrected chi connectivity index (χ1v) is 10.6. The summed E-state index contributed by atoms with van der Waals surface area (Å²) in [5, 5.41) is 9.77. The highest BCUT2D eigenvalue weighted by Gasteiger charge is 2.20. The molecule has 0 aliphatic heterocycles. The van der Waals surface area contributed by atoms with Gasteiger partial charge in [-0.25, -0.2) is 0 Å². The molecule has 3 heteroatoms. The second-order valence-electron chi connectivity index (χ2n) is 8.12. The van der Waals surface area contributed by atoms with Gasteiger partial charge in [-0.3, -0.25) is 0 Å². The van der Waals surface area contributed by atoms with E-state index in [-0.39, 0.29) is 0 Å². The van der Waals surface area contributed by atoms with E-state index in [0.717, 1.165) is 16.6 Å². The highest BCUT2D eigenvalue weighted by Crippen LogP contribution is 2.33. The van der Waals surface area contributed by atoms with Crippen molar-refractivity contribution in [3.63, 3.8) is 0 Å². The van der Waals surface area contributed by atoms with Gasteiger partial charge in [-0.15, -0.1) is 0 Å². The number of aromatic nitrogens is 3. The first kappa shape index (κ1) is 17.8. The van der Waals surface area contributed by atoms with Crippen molar-refractivity contribution in [2.75, 3.05) is 0 Å². The van der Waals surface area contributed by atoms with Crippen LogP contribution in [0.4, 0.5) is 0 Å². The van der Waals surface area contributed by atoms with Crippen LogP contribution in [-0.2, 0) is 7.05 Å². The molecule has 6 rings (SSSR count). The molecule has 0 bridgehead atoms. The molecule has 0 aliphatic carbocycles. The van der Waals surface area contributed by atoms with Gasteiger partial charge in [0.2, 0.25) is 5.69 Å². The van der Waals surface area contributed by atoms with Gasteiger partial charge in [-0.05, 0) is 59.7 Å². The summed E-state index contributed by atoms with van der Waals surface area (Å²) in [7, 11) is 2.04. The maximum Gasteiger partial charge on any atom is 0.240 e. The third-order valence-corrected chi connectivity index (χ3v) is 6.16. The summed E-state index contributed by atoms with van der Waals surface area (Å²) >= 11 is 0. The molecular formula is C28H22N3+. The Bertz CT molecular complexity index is 1590. The molecule has 0 unspecified atom stereocenters. The van der Waals surface area contributed by atoms with E-state index in [9.17, 15) is 0 Å². The first-order chi connectivity index (χ1) is 15.2. The van der Waals surface area contributed by atoms with Gasteiger partial charge in [0.15, 0.2) is 7.05 Å². The SMILES string of the molecule is Cc1ccc2c(ccn2-c2ccccc2)c1-c1cc2cc3ccccc3cc2n[n+]1C. The van der Waals surface area contributed by atoms with E-state index in [0.29, 0.717) is 0 Å². The number of benzene rings is 4. The molecule has 0 amide bonds. The number of hydrogen-bond donors (Lipinski definition) is 0. The normalized spacial score (nSPS) is 11.5. The van der Waals surface area contributed by atoms with E-state index in [4.69, 9.17) is 5.10 Å². The Kier molecular flexibility index (Phi) is 3.90. The lowest BCUT2D eigenvalue weighted by atomic mass is 9.99. The fourth-order valence-corrected chi connectivity index (χ4v) is 4.62. The average molecular weight is 401 g/mol. The maximum atomic E-state index is 4.92. The van der Waals surface area contributed by atoms with Gasteiger partial charge < -0.3 is 4.57 Å². The van der Waals surface area contributed by atoms with Crippen molar-refractivity contribution in [3.05, 3.63) is 103 Å². The van der Waals surface area contributed by atoms with Gasteiger partial charge in [0.05, 0.1) is 11.1 Å². The molecule has 0 fully saturated rings. The molecule has 0 aliphatic rings. The number of fused-ring (bicyclic) bond motifs is 3. The van der Waals surface area contributed by atoms with E-state index >= 15 is 0 Å². The summed E-state index contributed by atoms with van der Waals surface area (Å²) in [6.07, 6.45) is 2.16. The van der Waals surface area contributed by atoms with Crippen LogP contribution in [0.15, 0.2) is 97.2 Å². The zero-order valence-corrected chi connectivity index (χ0v) is 17.6. The summed E-state index contributed by atoms with van der Waals surface area (Å²) in [5.74, 6) is 0. The molecule has 0 atom stereocenters. The molecular weight excluding hydrogens is 378 g/mol. The molecule has 6 aromatic rings. The van der Waals surface area contributed by atoms with Crippen molar-refractivity contribution in [2.45, 2.75) is 6.92 Å². The Morgan fingerprint density at radius 3 is 2.29 bits per heavy atom. The predicted octanol–water partition coefficient (Wildman–Crippen LogP) is 6.13. The first-order valence-electron chi connectivity index (χ1n) is 10.6. The van der Waals surface area contributed by atoms with Crippen LogP contribution in [0.2, 0.25) is 0 Å². The van der Waals surface area contributed by atoms with E-state index in [1.807, 2.05) is 11.7 Å².